The van der Waals surface area contributed by atoms with Gasteiger partial charge in [-0.15, -0.1) is 11.6 Å². The summed E-state index contributed by atoms with van der Waals surface area (Å²) in [5, 5.41) is 7.85. The van der Waals surface area contributed by atoms with E-state index < -0.39 is 5.38 Å². The van der Waals surface area contributed by atoms with Crippen molar-refractivity contribution < 1.29 is 4.74 Å². The Morgan fingerprint density at radius 2 is 2.07 bits per heavy atom. The van der Waals surface area contributed by atoms with Gasteiger partial charge in [0, 0.05) is 0 Å². The Hall–Kier alpha value is -1.20. The van der Waals surface area contributed by atoms with Crippen LogP contribution < -0.4 is 4.74 Å². The summed E-state index contributed by atoms with van der Waals surface area (Å²) in [5.41, 5.74) is 1.26. The van der Waals surface area contributed by atoms with Gasteiger partial charge in [0.25, 0.3) is 0 Å². The van der Waals surface area contributed by atoms with E-state index in [0.29, 0.717) is 0 Å². The molecule has 1 unspecified atom stereocenters. The molecule has 0 aromatic heterocycles. The van der Waals surface area contributed by atoms with Crippen LogP contribution in [-0.4, -0.2) is 12.0 Å². The van der Waals surface area contributed by atoms with E-state index in [1.54, 1.807) is 0 Å². The Balaban J connectivity index is 2.48. The molecule has 0 amide bonds. The van der Waals surface area contributed by atoms with Crippen LogP contribution in [0.3, 0.4) is 0 Å². The molecule has 1 aromatic carbocycles. The highest BCUT2D eigenvalue weighted by molar-refractivity contribution is 6.22. The minimum atomic E-state index is -0.583. The SMILES string of the molecule is CCc1ccc(OCC(Cl)C#N)cc1. The van der Waals surface area contributed by atoms with Gasteiger partial charge < -0.3 is 4.74 Å². The van der Waals surface area contributed by atoms with Gasteiger partial charge in [0.2, 0.25) is 0 Å². The van der Waals surface area contributed by atoms with Crippen molar-refractivity contribution in [3.63, 3.8) is 0 Å². The van der Waals surface area contributed by atoms with Crippen LogP contribution in [-0.2, 0) is 6.42 Å². The van der Waals surface area contributed by atoms with E-state index in [-0.39, 0.29) is 6.61 Å². The van der Waals surface area contributed by atoms with E-state index in [0.717, 1.165) is 12.2 Å². The number of benzene rings is 1. The number of hydrogen-bond donors (Lipinski definition) is 0. The zero-order chi connectivity index (χ0) is 10.4. The largest absolute Gasteiger partial charge is 0.491 e. The number of nitrogens with zero attached hydrogens (tertiary/aromatic N) is 1. The van der Waals surface area contributed by atoms with Crippen LogP contribution in [0.4, 0.5) is 0 Å². The molecule has 0 radical (unpaired) electrons. The van der Waals surface area contributed by atoms with Crippen molar-refractivity contribution in [2.75, 3.05) is 6.61 Å². The molecule has 0 spiro atoms. The van der Waals surface area contributed by atoms with Gasteiger partial charge in [-0.25, -0.2) is 0 Å². The van der Waals surface area contributed by atoms with E-state index in [1.807, 2.05) is 30.3 Å². The first-order valence-electron chi connectivity index (χ1n) is 4.51. The lowest BCUT2D eigenvalue weighted by Gasteiger charge is -2.06. The minimum absolute atomic E-state index is 0.226. The maximum Gasteiger partial charge on any atom is 0.154 e. The summed E-state index contributed by atoms with van der Waals surface area (Å²) in [5.74, 6) is 0.753. The summed E-state index contributed by atoms with van der Waals surface area (Å²) < 4.78 is 5.30. The molecule has 3 heteroatoms. The predicted molar refractivity (Wildman–Crippen MR) is 56.6 cm³/mol. The van der Waals surface area contributed by atoms with Crippen molar-refractivity contribution >= 4 is 11.6 Å². The number of rotatable bonds is 4. The molecule has 1 aromatic rings. The molecular weight excluding hydrogens is 198 g/mol. The van der Waals surface area contributed by atoms with Crippen molar-refractivity contribution in [3.05, 3.63) is 29.8 Å². The Bertz CT molecular complexity index is 315. The molecule has 0 fully saturated rings. The van der Waals surface area contributed by atoms with E-state index in [2.05, 4.69) is 6.92 Å². The molecule has 1 atom stereocenters. The molecule has 0 saturated heterocycles. The van der Waals surface area contributed by atoms with Gasteiger partial charge in [0.1, 0.15) is 12.4 Å². The van der Waals surface area contributed by atoms with Gasteiger partial charge in [0.15, 0.2) is 5.38 Å². The topological polar surface area (TPSA) is 33.0 Å². The van der Waals surface area contributed by atoms with Crippen LogP contribution in [0.1, 0.15) is 12.5 Å². The summed E-state index contributed by atoms with van der Waals surface area (Å²) in [6.07, 6.45) is 1.01. The molecule has 14 heavy (non-hydrogen) atoms. The van der Waals surface area contributed by atoms with E-state index in [4.69, 9.17) is 21.6 Å². The maximum absolute atomic E-state index is 8.43. The molecule has 0 heterocycles. The molecule has 0 aliphatic heterocycles. The van der Waals surface area contributed by atoms with Crippen LogP contribution in [0.2, 0.25) is 0 Å². The number of aryl methyl sites for hydroxylation is 1. The Morgan fingerprint density at radius 3 is 2.57 bits per heavy atom. The molecule has 2 nitrogen and oxygen atoms in total. The zero-order valence-corrected chi connectivity index (χ0v) is 8.79. The highest BCUT2D eigenvalue weighted by atomic mass is 35.5. The highest BCUT2D eigenvalue weighted by Gasteiger charge is 2.02. The van der Waals surface area contributed by atoms with Gasteiger partial charge in [-0.1, -0.05) is 19.1 Å². The summed E-state index contributed by atoms with van der Waals surface area (Å²) in [6.45, 7) is 2.32. The van der Waals surface area contributed by atoms with Crippen molar-refractivity contribution in [3.8, 4) is 11.8 Å². The quantitative estimate of drug-likeness (QED) is 0.715. The van der Waals surface area contributed by atoms with Gasteiger partial charge >= 0.3 is 0 Å². The molecule has 0 saturated carbocycles. The van der Waals surface area contributed by atoms with Crippen LogP contribution in [0.5, 0.6) is 5.75 Å². The van der Waals surface area contributed by atoms with Crippen molar-refractivity contribution in [1.29, 1.82) is 5.26 Å². The van der Waals surface area contributed by atoms with E-state index >= 15 is 0 Å². The lowest BCUT2D eigenvalue weighted by atomic mass is 10.2. The van der Waals surface area contributed by atoms with Gasteiger partial charge in [-0.3, -0.25) is 0 Å². The minimum Gasteiger partial charge on any atom is -0.491 e. The first kappa shape index (κ1) is 10.9. The van der Waals surface area contributed by atoms with Gasteiger partial charge in [-0.2, -0.15) is 5.26 Å². The molecule has 0 aliphatic rings. The number of alkyl halides is 1. The zero-order valence-electron chi connectivity index (χ0n) is 8.03. The lowest BCUT2D eigenvalue weighted by Crippen LogP contribution is -2.08. The number of nitriles is 1. The highest BCUT2D eigenvalue weighted by Crippen LogP contribution is 2.13. The second-order valence-corrected chi connectivity index (χ2v) is 3.43. The second-order valence-electron chi connectivity index (χ2n) is 2.91. The van der Waals surface area contributed by atoms with Gasteiger partial charge in [0.05, 0.1) is 6.07 Å². The van der Waals surface area contributed by atoms with Crippen molar-refractivity contribution in [2.45, 2.75) is 18.7 Å². The molecule has 0 N–H and O–H groups in total. The Labute approximate surface area is 89.1 Å². The summed E-state index contributed by atoms with van der Waals surface area (Å²) in [4.78, 5) is 0. The van der Waals surface area contributed by atoms with Crippen LogP contribution in [0, 0.1) is 11.3 Å². The van der Waals surface area contributed by atoms with Crippen LogP contribution in [0.25, 0.3) is 0 Å². The summed E-state index contributed by atoms with van der Waals surface area (Å²) in [6, 6.07) is 9.69. The smallest absolute Gasteiger partial charge is 0.154 e. The molecular formula is C11H12ClNO. The van der Waals surface area contributed by atoms with Crippen LogP contribution in [0.15, 0.2) is 24.3 Å². The third kappa shape index (κ3) is 3.27. The number of hydrogen-bond acceptors (Lipinski definition) is 2. The van der Waals surface area contributed by atoms with Crippen molar-refractivity contribution in [1.82, 2.24) is 0 Å². The van der Waals surface area contributed by atoms with Crippen molar-refractivity contribution in [2.24, 2.45) is 0 Å². The van der Waals surface area contributed by atoms with E-state index in [9.17, 15) is 0 Å². The standard InChI is InChI=1S/C11H12ClNO/c1-2-9-3-5-11(6-4-9)14-8-10(12)7-13/h3-6,10H,2,8H2,1H3. The Kier molecular flexibility index (Phi) is 4.28. The normalized spacial score (nSPS) is 11.8. The first-order chi connectivity index (χ1) is 6.76. The second kappa shape index (κ2) is 5.51. The lowest BCUT2D eigenvalue weighted by molar-refractivity contribution is 0.329. The molecule has 0 aliphatic carbocycles. The summed E-state index contributed by atoms with van der Waals surface area (Å²) in [7, 11) is 0. The van der Waals surface area contributed by atoms with Crippen LogP contribution >= 0.6 is 11.6 Å². The Morgan fingerprint density at radius 1 is 1.43 bits per heavy atom. The first-order valence-corrected chi connectivity index (χ1v) is 4.95. The fraction of sp³-hybridized carbons (Fsp3) is 0.364. The maximum atomic E-state index is 8.43. The average molecular weight is 210 g/mol. The fourth-order valence-corrected chi connectivity index (χ4v) is 1.09. The summed E-state index contributed by atoms with van der Waals surface area (Å²) >= 11 is 5.59. The number of halogens is 1. The molecule has 74 valence electrons. The van der Waals surface area contributed by atoms with Gasteiger partial charge in [-0.05, 0) is 24.1 Å². The fourth-order valence-electron chi connectivity index (χ4n) is 1.03. The third-order valence-corrected chi connectivity index (χ3v) is 2.09. The number of ether oxygens (including phenoxy) is 1. The average Bonchev–Trinajstić information content (AvgIpc) is 2.26. The molecule has 0 bridgehead atoms. The monoisotopic (exact) mass is 209 g/mol. The predicted octanol–water partition coefficient (Wildman–Crippen LogP) is 2.76. The molecule has 1 rings (SSSR count). The van der Waals surface area contributed by atoms with E-state index in [1.165, 1.54) is 5.56 Å². The third-order valence-electron chi connectivity index (χ3n) is 1.87.